The van der Waals surface area contributed by atoms with Crippen LogP contribution in [0.25, 0.3) is 49.7 Å². The molecule has 144 valence electrons. The van der Waals surface area contributed by atoms with Gasteiger partial charge < -0.3 is 0 Å². The topological polar surface area (TPSA) is 30.2 Å². The van der Waals surface area contributed by atoms with E-state index in [1.165, 1.54) is 55.3 Å². The normalized spacial score (nSPS) is 13.5. The molecule has 3 heteroatoms. The quantitative estimate of drug-likeness (QED) is 0.287. The Morgan fingerprint density at radius 2 is 1.48 bits per heavy atom. The van der Waals surface area contributed by atoms with Crippen LogP contribution in [0.2, 0.25) is 0 Å². The van der Waals surface area contributed by atoms with Crippen LogP contribution < -0.4 is 0 Å². The molecule has 3 nitrogen and oxygen atoms in total. The third-order valence-electron chi connectivity index (χ3n) is 7.12. The van der Waals surface area contributed by atoms with Crippen LogP contribution in [-0.4, -0.2) is 14.4 Å². The summed E-state index contributed by atoms with van der Waals surface area (Å²) >= 11 is 0. The Balaban J connectivity index is 1.52. The van der Waals surface area contributed by atoms with Crippen LogP contribution in [0.5, 0.6) is 0 Å². The highest BCUT2D eigenvalue weighted by atomic mass is 15.0. The lowest BCUT2D eigenvalue weighted by Gasteiger charge is -2.12. The van der Waals surface area contributed by atoms with Crippen LogP contribution in [0.3, 0.4) is 0 Å². The third kappa shape index (κ3) is 1.89. The Kier molecular flexibility index (Phi) is 2.74. The van der Waals surface area contributed by atoms with Gasteiger partial charge in [0.05, 0.1) is 11.0 Å². The van der Waals surface area contributed by atoms with E-state index in [9.17, 15) is 0 Å². The molecule has 0 bridgehead atoms. The van der Waals surface area contributed by atoms with Gasteiger partial charge in [-0.15, -0.1) is 0 Å². The Labute approximate surface area is 178 Å². The van der Waals surface area contributed by atoms with E-state index in [0.717, 1.165) is 29.5 Å². The summed E-state index contributed by atoms with van der Waals surface area (Å²) in [4.78, 5) is 9.47. The molecule has 0 amide bonds. The van der Waals surface area contributed by atoms with E-state index < -0.39 is 0 Å². The molecule has 3 heterocycles. The Bertz CT molecular complexity index is 1740. The van der Waals surface area contributed by atoms with Crippen molar-refractivity contribution < 1.29 is 0 Å². The van der Waals surface area contributed by atoms with Gasteiger partial charge in [0, 0.05) is 29.4 Å². The number of rotatable bonds is 0. The molecule has 0 radical (unpaired) electrons. The second kappa shape index (κ2) is 5.38. The van der Waals surface area contributed by atoms with E-state index in [2.05, 4.69) is 59.0 Å². The molecule has 0 aliphatic heterocycles. The Morgan fingerprint density at radius 3 is 2.42 bits per heavy atom. The molecule has 2 aliphatic rings. The molecule has 0 spiro atoms. The zero-order chi connectivity index (χ0) is 20.1. The summed E-state index contributed by atoms with van der Waals surface area (Å²) in [6, 6.07) is 22.4. The minimum Gasteiger partial charge on any atom is -0.298 e. The highest BCUT2D eigenvalue weighted by Gasteiger charge is 2.29. The van der Waals surface area contributed by atoms with E-state index in [4.69, 9.17) is 9.97 Å². The third-order valence-corrected chi connectivity index (χ3v) is 7.12. The number of hydrogen-bond acceptors (Lipinski definition) is 2. The smallest absolute Gasteiger partial charge is 0.145 e. The molecule has 0 unspecified atom stereocenters. The standard InChI is InChI=1S/C28H17N3/c1-2-5-20-16(4-1)12-17-7-8-18-13-19-14-22-23(15-21(19)26(18)25(17)20)28-30-10-11-31(28)24-6-3-9-29-27(22)24/h1-11,14-15H,12-13H2. The monoisotopic (exact) mass is 395 g/mol. The van der Waals surface area contributed by atoms with Gasteiger partial charge in [-0.1, -0.05) is 36.4 Å². The van der Waals surface area contributed by atoms with Crippen LogP contribution in [-0.2, 0) is 12.8 Å². The molecular weight excluding hydrogens is 378 g/mol. The van der Waals surface area contributed by atoms with Crippen molar-refractivity contribution in [3.8, 4) is 22.3 Å². The van der Waals surface area contributed by atoms with Crippen molar-refractivity contribution in [2.45, 2.75) is 12.8 Å². The van der Waals surface area contributed by atoms with Crippen molar-refractivity contribution in [1.82, 2.24) is 14.4 Å². The number of benzene rings is 3. The van der Waals surface area contributed by atoms with Crippen molar-refractivity contribution in [2.75, 3.05) is 0 Å². The Morgan fingerprint density at radius 1 is 0.645 bits per heavy atom. The molecule has 2 aliphatic carbocycles. The first-order valence-corrected chi connectivity index (χ1v) is 10.8. The fourth-order valence-electron chi connectivity index (χ4n) is 5.83. The van der Waals surface area contributed by atoms with Gasteiger partial charge in [0.15, 0.2) is 0 Å². The molecule has 0 N–H and O–H groups in total. The molecule has 31 heavy (non-hydrogen) atoms. The summed E-state index contributed by atoms with van der Waals surface area (Å²) in [6.07, 6.45) is 7.81. The predicted molar refractivity (Wildman–Crippen MR) is 124 cm³/mol. The van der Waals surface area contributed by atoms with E-state index in [1.807, 2.05) is 24.7 Å². The number of aromatic nitrogens is 3. The van der Waals surface area contributed by atoms with Crippen molar-refractivity contribution >= 4 is 27.5 Å². The van der Waals surface area contributed by atoms with Crippen molar-refractivity contribution in [3.05, 3.63) is 102 Å². The van der Waals surface area contributed by atoms with Gasteiger partial charge in [-0.3, -0.25) is 9.38 Å². The van der Waals surface area contributed by atoms with E-state index in [0.29, 0.717) is 0 Å². The van der Waals surface area contributed by atoms with Gasteiger partial charge in [0.2, 0.25) is 0 Å². The molecule has 3 aromatic heterocycles. The lowest BCUT2D eigenvalue weighted by molar-refractivity contribution is 1.23. The van der Waals surface area contributed by atoms with E-state index in [-0.39, 0.29) is 0 Å². The SMILES string of the molecule is c1ccc2c(c1)Cc1ccc3c(c1-2)-c1cc2c(cc1C3)c1ncccc1n1ccnc21. The van der Waals surface area contributed by atoms with E-state index in [1.54, 1.807) is 0 Å². The number of hydrogen-bond donors (Lipinski definition) is 0. The van der Waals surface area contributed by atoms with Gasteiger partial charge >= 0.3 is 0 Å². The maximum absolute atomic E-state index is 4.75. The van der Waals surface area contributed by atoms with Gasteiger partial charge in [-0.2, -0.15) is 0 Å². The van der Waals surface area contributed by atoms with Crippen LogP contribution in [0.1, 0.15) is 22.3 Å². The molecule has 0 fully saturated rings. The molecular formula is C28H17N3. The van der Waals surface area contributed by atoms with Crippen LogP contribution >= 0.6 is 0 Å². The van der Waals surface area contributed by atoms with Crippen molar-refractivity contribution in [3.63, 3.8) is 0 Å². The average Bonchev–Trinajstić information content (AvgIpc) is 3.52. The van der Waals surface area contributed by atoms with E-state index >= 15 is 0 Å². The Hall–Kier alpha value is -3.98. The molecule has 0 atom stereocenters. The fourth-order valence-corrected chi connectivity index (χ4v) is 5.83. The van der Waals surface area contributed by atoms with Crippen LogP contribution in [0.4, 0.5) is 0 Å². The first-order chi connectivity index (χ1) is 15.4. The van der Waals surface area contributed by atoms with Crippen LogP contribution in [0.15, 0.2) is 79.3 Å². The van der Waals surface area contributed by atoms with Gasteiger partial charge in [-0.05, 0) is 81.6 Å². The predicted octanol–water partition coefficient (Wildman–Crippen LogP) is 6.18. The lowest BCUT2D eigenvalue weighted by atomic mass is 9.93. The summed E-state index contributed by atoms with van der Waals surface area (Å²) < 4.78 is 2.16. The zero-order valence-corrected chi connectivity index (χ0v) is 16.8. The second-order valence-corrected chi connectivity index (χ2v) is 8.69. The molecule has 3 aromatic carbocycles. The first kappa shape index (κ1) is 15.8. The van der Waals surface area contributed by atoms with Crippen LogP contribution in [0, 0.1) is 0 Å². The van der Waals surface area contributed by atoms with Crippen molar-refractivity contribution in [2.24, 2.45) is 0 Å². The summed E-state index contributed by atoms with van der Waals surface area (Å²) in [5.41, 5.74) is 14.5. The number of pyridine rings is 2. The lowest BCUT2D eigenvalue weighted by Crippen LogP contribution is -1.93. The molecule has 0 saturated heterocycles. The van der Waals surface area contributed by atoms with Gasteiger partial charge in [0.1, 0.15) is 5.65 Å². The molecule has 6 aromatic rings. The number of imidazole rings is 1. The molecule has 0 saturated carbocycles. The van der Waals surface area contributed by atoms with Gasteiger partial charge in [-0.25, -0.2) is 4.98 Å². The second-order valence-electron chi connectivity index (χ2n) is 8.69. The highest BCUT2D eigenvalue weighted by molar-refractivity contribution is 6.12. The maximum Gasteiger partial charge on any atom is 0.145 e. The minimum atomic E-state index is 0.976. The largest absolute Gasteiger partial charge is 0.298 e. The summed E-state index contributed by atoms with van der Waals surface area (Å²) in [6.45, 7) is 0. The minimum absolute atomic E-state index is 0.976. The van der Waals surface area contributed by atoms with Crippen molar-refractivity contribution in [1.29, 1.82) is 0 Å². The number of nitrogens with zero attached hydrogens (tertiary/aromatic N) is 3. The molecule has 8 rings (SSSR count). The zero-order valence-electron chi connectivity index (χ0n) is 16.8. The fraction of sp³-hybridized carbons (Fsp3) is 0.0714. The van der Waals surface area contributed by atoms with Gasteiger partial charge in [0.25, 0.3) is 0 Å². The summed E-state index contributed by atoms with van der Waals surface area (Å²) in [7, 11) is 0. The first-order valence-electron chi connectivity index (χ1n) is 10.8. The summed E-state index contributed by atoms with van der Waals surface area (Å²) in [5.74, 6) is 0. The highest BCUT2D eigenvalue weighted by Crippen LogP contribution is 2.50. The average molecular weight is 395 g/mol. The maximum atomic E-state index is 4.75. The number of fused-ring (bicyclic) bond motifs is 13. The summed E-state index contributed by atoms with van der Waals surface area (Å²) in [5, 5.41) is 2.37.